The van der Waals surface area contributed by atoms with Gasteiger partial charge in [-0.3, -0.25) is 0 Å². The number of likely N-dealkylation sites (N-methyl/N-ethyl adjacent to an activating group) is 1. The molecule has 4 nitrogen and oxygen atoms in total. The van der Waals surface area contributed by atoms with E-state index >= 15 is 0 Å². The van der Waals surface area contributed by atoms with Crippen molar-refractivity contribution in [1.29, 1.82) is 0 Å². The van der Waals surface area contributed by atoms with Gasteiger partial charge in [-0.1, -0.05) is 20.3 Å². The lowest BCUT2D eigenvalue weighted by Gasteiger charge is -2.43. The molecule has 1 atom stereocenters. The molecular formula is C14H28N2O2. The van der Waals surface area contributed by atoms with Crippen LogP contribution < -0.4 is 5.32 Å². The number of aliphatic hydroxyl groups is 1. The van der Waals surface area contributed by atoms with Crippen LogP contribution in [0.25, 0.3) is 0 Å². The molecule has 106 valence electrons. The fraction of sp³-hybridized carbons (Fsp3) is 0.929. The van der Waals surface area contributed by atoms with E-state index in [9.17, 15) is 4.79 Å². The van der Waals surface area contributed by atoms with E-state index in [1.54, 1.807) is 11.9 Å². The fourth-order valence-corrected chi connectivity index (χ4v) is 2.71. The van der Waals surface area contributed by atoms with Gasteiger partial charge in [-0.15, -0.1) is 0 Å². The average molecular weight is 256 g/mol. The number of urea groups is 1. The zero-order chi connectivity index (χ0) is 13.8. The smallest absolute Gasteiger partial charge is 0.317 e. The Bertz CT molecular complexity index is 275. The van der Waals surface area contributed by atoms with Crippen molar-refractivity contribution in [2.75, 3.05) is 20.2 Å². The summed E-state index contributed by atoms with van der Waals surface area (Å²) in [5, 5.41) is 12.1. The summed E-state index contributed by atoms with van der Waals surface area (Å²) >= 11 is 0. The second kappa shape index (κ2) is 6.41. The largest absolute Gasteiger partial charge is 0.394 e. The molecule has 0 saturated heterocycles. The summed E-state index contributed by atoms with van der Waals surface area (Å²) in [4.78, 5) is 13.5. The topological polar surface area (TPSA) is 52.6 Å². The molecule has 0 bridgehead atoms. The van der Waals surface area contributed by atoms with Gasteiger partial charge in [0.05, 0.1) is 12.6 Å². The van der Waals surface area contributed by atoms with Crippen LogP contribution in [0.5, 0.6) is 0 Å². The van der Waals surface area contributed by atoms with E-state index in [4.69, 9.17) is 5.11 Å². The molecule has 0 heterocycles. The van der Waals surface area contributed by atoms with E-state index in [-0.39, 0.29) is 18.7 Å². The van der Waals surface area contributed by atoms with Crippen molar-refractivity contribution in [3.63, 3.8) is 0 Å². The molecule has 0 aromatic rings. The summed E-state index contributed by atoms with van der Waals surface area (Å²) in [5.74, 6) is 0.677. The zero-order valence-corrected chi connectivity index (χ0v) is 12.2. The van der Waals surface area contributed by atoms with Crippen LogP contribution in [0, 0.1) is 11.3 Å². The molecule has 1 fully saturated rings. The van der Waals surface area contributed by atoms with Crippen LogP contribution >= 0.6 is 0 Å². The summed E-state index contributed by atoms with van der Waals surface area (Å²) in [7, 11) is 1.73. The van der Waals surface area contributed by atoms with Gasteiger partial charge in [0.25, 0.3) is 0 Å². The van der Waals surface area contributed by atoms with E-state index < -0.39 is 0 Å². The molecule has 2 N–H and O–H groups in total. The van der Waals surface area contributed by atoms with E-state index in [0.717, 1.165) is 6.54 Å². The van der Waals surface area contributed by atoms with Crippen molar-refractivity contribution in [1.82, 2.24) is 10.2 Å². The Morgan fingerprint density at radius 2 is 2.00 bits per heavy atom. The lowest BCUT2D eigenvalue weighted by molar-refractivity contribution is 0.0947. The number of nitrogens with one attached hydrogen (secondary N) is 1. The molecule has 1 rings (SSSR count). The molecule has 1 aliphatic rings. The second-order valence-corrected chi connectivity index (χ2v) is 6.25. The monoisotopic (exact) mass is 256 g/mol. The molecule has 0 radical (unpaired) electrons. The Morgan fingerprint density at radius 3 is 2.39 bits per heavy atom. The van der Waals surface area contributed by atoms with Crippen molar-refractivity contribution in [2.45, 2.75) is 52.5 Å². The number of carbonyl (C=O) groups excluding carboxylic acids is 1. The number of hydrogen-bond donors (Lipinski definition) is 2. The molecule has 1 unspecified atom stereocenters. The van der Waals surface area contributed by atoms with Crippen molar-refractivity contribution in [3.05, 3.63) is 0 Å². The molecule has 0 aromatic carbocycles. The molecule has 18 heavy (non-hydrogen) atoms. The van der Waals surface area contributed by atoms with Crippen LogP contribution in [0.15, 0.2) is 0 Å². The SMILES string of the molecule is CC(C)CC1(CNC(=O)N(C)C(C)CO)CCC1. The highest BCUT2D eigenvalue weighted by Gasteiger charge is 2.37. The van der Waals surface area contributed by atoms with Gasteiger partial charge < -0.3 is 15.3 Å². The maximum atomic E-state index is 11.9. The first-order chi connectivity index (χ1) is 8.40. The summed E-state index contributed by atoms with van der Waals surface area (Å²) < 4.78 is 0. The van der Waals surface area contributed by atoms with E-state index in [0.29, 0.717) is 11.3 Å². The van der Waals surface area contributed by atoms with Gasteiger partial charge in [-0.2, -0.15) is 0 Å². The predicted octanol–water partition coefficient (Wildman–Crippen LogP) is 2.22. The fourth-order valence-electron chi connectivity index (χ4n) is 2.71. The number of aliphatic hydroxyl groups excluding tert-OH is 1. The maximum absolute atomic E-state index is 11.9. The number of nitrogens with zero attached hydrogens (tertiary/aromatic N) is 1. The Morgan fingerprint density at radius 1 is 1.39 bits per heavy atom. The summed E-state index contributed by atoms with van der Waals surface area (Å²) in [6.45, 7) is 7.09. The first-order valence-corrected chi connectivity index (χ1v) is 7.02. The minimum absolute atomic E-state index is 0.00105. The lowest BCUT2D eigenvalue weighted by Crippen LogP contribution is -2.49. The van der Waals surface area contributed by atoms with Crippen LogP contribution in [0.4, 0.5) is 4.79 Å². The average Bonchev–Trinajstić information content (AvgIpc) is 2.29. The standard InChI is InChI=1S/C14H28N2O2/c1-11(2)8-14(6-5-7-14)10-15-13(18)16(4)12(3)9-17/h11-12,17H,5-10H2,1-4H3,(H,15,18). The van der Waals surface area contributed by atoms with Crippen LogP contribution in [-0.4, -0.2) is 42.3 Å². The van der Waals surface area contributed by atoms with Crippen molar-refractivity contribution >= 4 is 6.03 Å². The zero-order valence-electron chi connectivity index (χ0n) is 12.2. The molecule has 0 spiro atoms. The number of rotatable bonds is 6. The number of amides is 2. The van der Waals surface area contributed by atoms with Crippen LogP contribution in [-0.2, 0) is 0 Å². The third kappa shape index (κ3) is 3.87. The highest BCUT2D eigenvalue weighted by molar-refractivity contribution is 5.74. The molecular weight excluding hydrogens is 228 g/mol. The normalized spacial score (nSPS) is 19.2. The van der Waals surface area contributed by atoms with Gasteiger partial charge in [0.1, 0.15) is 0 Å². The molecule has 0 aromatic heterocycles. The second-order valence-electron chi connectivity index (χ2n) is 6.25. The Balaban J connectivity index is 2.41. The highest BCUT2D eigenvalue weighted by atomic mass is 16.3. The molecule has 4 heteroatoms. The Labute approximate surface area is 111 Å². The Kier molecular flexibility index (Phi) is 5.45. The van der Waals surface area contributed by atoms with E-state index in [1.165, 1.54) is 25.7 Å². The third-order valence-electron chi connectivity index (χ3n) is 4.12. The minimum Gasteiger partial charge on any atom is -0.394 e. The first-order valence-electron chi connectivity index (χ1n) is 7.02. The van der Waals surface area contributed by atoms with Gasteiger partial charge in [0, 0.05) is 13.6 Å². The minimum atomic E-state index is -0.132. The number of carbonyl (C=O) groups is 1. The van der Waals surface area contributed by atoms with Crippen molar-refractivity contribution in [2.24, 2.45) is 11.3 Å². The molecule has 2 amide bonds. The first kappa shape index (κ1) is 15.3. The quantitative estimate of drug-likeness (QED) is 0.765. The van der Waals surface area contributed by atoms with Crippen LogP contribution in [0.3, 0.4) is 0 Å². The summed E-state index contributed by atoms with van der Waals surface area (Å²) in [6.07, 6.45) is 4.92. The Hall–Kier alpha value is -0.770. The maximum Gasteiger partial charge on any atom is 0.317 e. The third-order valence-corrected chi connectivity index (χ3v) is 4.12. The summed E-state index contributed by atoms with van der Waals surface area (Å²) in [6, 6.07) is -0.209. The molecule has 0 aliphatic heterocycles. The number of hydrogen-bond acceptors (Lipinski definition) is 2. The van der Waals surface area contributed by atoms with Gasteiger partial charge >= 0.3 is 6.03 Å². The highest BCUT2D eigenvalue weighted by Crippen LogP contribution is 2.45. The van der Waals surface area contributed by atoms with E-state index in [2.05, 4.69) is 19.2 Å². The van der Waals surface area contributed by atoms with Gasteiger partial charge in [-0.25, -0.2) is 4.79 Å². The van der Waals surface area contributed by atoms with Crippen molar-refractivity contribution < 1.29 is 9.90 Å². The van der Waals surface area contributed by atoms with Gasteiger partial charge in [0.2, 0.25) is 0 Å². The predicted molar refractivity (Wildman–Crippen MR) is 73.4 cm³/mol. The van der Waals surface area contributed by atoms with Gasteiger partial charge in [-0.05, 0) is 37.5 Å². The van der Waals surface area contributed by atoms with Crippen LogP contribution in [0.1, 0.15) is 46.5 Å². The van der Waals surface area contributed by atoms with Crippen molar-refractivity contribution in [3.8, 4) is 0 Å². The lowest BCUT2D eigenvalue weighted by atomic mass is 9.64. The summed E-state index contributed by atoms with van der Waals surface area (Å²) in [5.41, 5.74) is 0.327. The molecule has 1 aliphatic carbocycles. The van der Waals surface area contributed by atoms with Crippen LogP contribution in [0.2, 0.25) is 0 Å². The molecule has 1 saturated carbocycles. The van der Waals surface area contributed by atoms with Gasteiger partial charge in [0.15, 0.2) is 0 Å². The van der Waals surface area contributed by atoms with E-state index in [1.807, 2.05) is 6.92 Å².